The van der Waals surface area contributed by atoms with Crippen LogP contribution in [-0.4, -0.2) is 5.78 Å². The predicted octanol–water partition coefficient (Wildman–Crippen LogP) is 3.32. The second-order valence-electron chi connectivity index (χ2n) is 4.84. The summed E-state index contributed by atoms with van der Waals surface area (Å²) in [5.74, 6) is 0.0271. The minimum absolute atomic E-state index is 0.0454. The lowest BCUT2D eigenvalue weighted by molar-refractivity contribution is -0.137. The molecular formula is C13H11F3O. The number of carbonyl (C=O) groups excluding carboxylic acids is 1. The average molecular weight is 240 g/mol. The van der Waals surface area contributed by atoms with E-state index in [1.165, 1.54) is 12.1 Å². The zero-order chi connectivity index (χ0) is 12.2. The molecule has 2 atom stereocenters. The summed E-state index contributed by atoms with van der Waals surface area (Å²) in [4.78, 5) is 11.8. The number of hydrogen-bond acceptors (Lipinski definition) is 1. The van der Waals surface area contributed by atoms with Crippen molar-refractivity contribution in [3.63, 3.8) is 0 Å². The fourth-order valence-electron chi connectivity index (χ4n) is 3.01. The van der Waals surface area contributed by atoms with E-state index in [2.05, 4.69) is 0 Å². The maximum absolute atomic E-state index is 12.6. The van der Waals surface area contributed by atoms with Gasteiger partial charge in [0.15, 0.2) is 0 Å². The Morgan fingerprint density at radius 3 is 2.65 bits per heavy atom. The maximum atomic E-state index is 12.6. The van der Waals surface area contributed by atoms with Gasteiger partial charge in [-0.3, -0.25) is 4.79 Å². The molecule has 1 fully saturated rings. The van der Waals surface area contributed by atoms with Gasteiger partial charge in [0, 0.05) is 11.8 Å². The Bertz CT molecular complexity index is 490. The molecule has 2 bridgehead atoms. The topological polar surface area (TPSA) is 17.1 Å². The van der Waals surface area contributed by atoms with Crippen LogP contribution in [0.1, 0.15) is 35.4 Å². The Kier molecular flexibility index (Phi) is 2.12. The second kappa shape index (κ2) is 3.34. The molecule has 1 saturated carbocycles. The first-order valence-electron chi connectivity index (χ1n) is 5.70. The van der Waals surface area contributed by atoms with Crippen LogP contribution in [0.3, 0.4) is 0 Å². The number of halogens is 3. The Morgan fingerprint density at radius 2 is 1.94 bits per heavy atom. The number of benzene rings is 1. The van der Waals surface area contributed by atoms with E-state index in [9.17, 15) is 18.0 Å². The lowest BCUT2D eigenvalue weighted by atomic mass is 9.81. The van der Waals surface area contributed by atoms with Gasteiger partial charge in [-0.15, -0.1) is 0 Å². The van der Waals surface area contributed by atoms with E-state index in [0.29, 0.717) is 12.0 Å². The highest BCUT2D eigenvalue weighted by Crippen LogP contribution is 2.44. The molecule has 0 radical (unpaired) electrons. The largest absolute Gasteiger partial charge is 0.416 e. The molecule has 0 amide bonds. The van der Waals surface area contributed by atoms with Crippen molar-refractivity contribution in [2.75, 3.05) is 0 Å². The lowest BCUT2D eigenvalue weighted by Crippen LogP contribution is -2.22. The standard InChI is InChI=1S/C13H11F3O/c14-13(15,16)9-2-4-10-8(6-9)5-7-1-3-11(10)12(7)17/h2,4,6-7,11H,1,3,5H2/t7-,11-/m0/s1. The third-order valence-electron chi connectivity index (χ3n) is 3.86. The van der Waals surface area contributed by atoms with E-state index in [4.69, 9.17) is 0 Å². The smallest absolute Gasteiger partial charge is 0.299 e. The minimum atomic E-state index is -4.30. The zero-order valence-corrected chi connectivity index (χ0v) is 9.05. The lowest BCUT2D eigenvalue weighted by Gasteiger charge is -2.22. The summed E-state index contributed by atoms with van der Waals surface area (Å²) >= 11 is 0. The number of ketones is 1. The van der Waals surface area contributed by atoms with Crippen LogP contribution in [0, 0.1) is 5.92 Å². The van der Waals surface area contributed by atoms with Crippen molar-refractivity contribution in [3.05, 3.63) is 34.9 Å². The minimum Gasteiger partial charge on any atom is -0.299 e. The van der Waals surface area contributed by atoms with Gasteiger partial charge in [-0.1, -0.05) is 6.07 Å². The first-order valence-corrected chi connectivity index (χ1v) is 5.70. The van der Waals surface area contributed by atoms with E-state index in [0.717, 1.165) is 24.5 Å². The van der Waals surface area contributed by atoms with E-state index in [1.54, 1.807) is 0 Å². The van der Waals surface area contributed by atoms with E-state index < -0.39 is 11.7 Å². The predicted molar refractivity (Wildman–Crippen MR) is 55.6 cm³/mol. The van der Waals surface area contributed by atoms with Gasteiger partial charge in [-0.25, -0.2) is 0 Å². The van der Waals surface area contributed by atoms with E-state index >= 15 is 0 Å². The second-order valence-corrected chi connectivity index (χ2v) is 4.84. The van der Waals surface area contributed by atoms with Gasteiger partial charge >= 0.3 is 6.18 Å². The van der Waals surface area contributed by atoms with Crippen molar-refractivity contribution >= 4 is 5.78 Å². The molecule has 0 saturated heterocycles. The van der Waals surface area contributed by atoms with Gasteiger partial charge in [0.25, 0.3) is 0 Å². The van der Waals surface area contributed by atoms with E-state index in [1.807, 2.05) is 0 Å². The van der Waals surface area contributed by atoms with Crippen LogP contribution in [0.15, 0.2) is 18.2 Å². The van der Waals surface area contributed by atoms with Crippen molar-refractivity contribution in [2.24, 2.45) is 5.92 Å². The highest BCUT2D eigenvalue weighted by Gasteiger charge is 2.41. The summed E-state index contributed by atoms with van der Waals surface area (Å²) < 4.78 is 37.7. The van der Waals surface area contributed by atoms with Crippen LogP contribution in [0.4, 0.5) is 13.2 Å². The number of alkyl halides is 3. The molecule has 1 aromatic rings. The summed E-state index contributed by atoms with van der Waals surface area (Å²) in [6.07, 6.45) is -2.20. The number of rotatable bonds is 0. The monoisotopic (exact) mass is 240 g/mol. The van der Waals surface area contributed by atoms with Gasteiger partial charge in [-0.2, -0.15) is 13.2 Å². The molecule has 2 aliphatic carbocycles. The Labute approximate surface area is 96.6 Å². The fourth-order valence-corrected chi connectivity index (χ4v) is 3.01. The molecule has 0 spiro atoms. The SMILES string of the molecule is O=C1[C@H]2CC[C@H]1c1ccc(C(F)(F)F)cc1C2. The first-order chi connectivity index (χ1) is 7.97. The molecule has 2 aliphatic rings. The molecule has 0 N–H and O–H groups in total. The highest BCUT2D eigenvalue weighted by molar-refractivity contribution is 5.92. The molecule has 4 heteroatoms. The third-order valence-corrected chi connectivity index (χ3v) is 3.86. The number of fused-ring (bicyclic) bond motifs is 4. The van der Waals surface area contributed by atoms with Crippen LogP contribution in [0.5, 0.6) is 0 Å². The average Bonchev–Trinajstić information content (AvgIpc) is 2.51. The van der Waals surface area contributed by atoms with Gasteiger partial charge in [0.05, 0.1) is 5.56 Å². The summed E-state index contributed by atoms with van der Waals surface area (Å²) in [7, 11) is 0. The fraction of sp³-hybridized carbons (Fsp3) is 0.462. The molecule has 0 aliphatic heterocycles. The first kappa shape index (κ1) is 10.8. The quantitative estimate of drug-likeness (QED) is 0.679. The van der Waals surface area contributed by atoms with Crippen molar-refractivity contribution in [1.82, 2.24) is 0 Å². The molecule has 1 aromatic carbocycles. The van der Waals surface area contributed by atoms with Gasteiger partial charge in [0.2, 0.25) is 0 Å². The normalized spacial score (nSPS) is 27.1. The third kappa shape index (κ3) is 1.58. The molecule has 90 valence electrons. The van der Waals surface area contributed by atoms with Crippen molar-refractivity contribution in [2.45, 2.75) is 31.4 Å². The number of hydrogen-bond donors (Lipinski definition) is 0. The number of carbonyl (C=O) groups is 1. The highest BCUT2D eigenvalue weighted by atomic mass is 19.4. The molecular weight excluding hydrogens is 229 g/mol. The summed E-state index contributed by atoms with van der Waals surface area (Å²) in [6, 6.07) is 3.79. The summed E-state index contributed by atoms with van der Waals surface area (Å²) in [6.45, 7) is 0. The number of Topliss-reactive ketones (excluding diaryl/α,β-unsaturated/α-hetero) is 1. The molecule has 0 unspecified atom stereocenters. The van der Waals surface area contributed by atoms with Crippen LogP contribution in [-0.2, 0) is 17.4 Å². The zero-order valence-electron chi connectivity index (χ0n) is 9.05. The summed E-state index contributed by atoms with van der Waals surface area (Å²) in [5.41, 5.74) is 0.925. The molecule has 3 rings (SSSR count). The maximum Gasteiger partial charge on any atom is 0.416 e. The van der Waals surface area contributed by atoms with Crippen molar-refractivity contribution < 1.29 is 18.0 Å². The van der Waals surface area contributed by atoms with Crippen LogP contribution in [0.2, 0.25) is 0 Å². The van der Waals surface area contributed by atoms with Crippen molar-refractivity contribution in [1.29, 1.82) is 0 Å². The Balaban J connectivity index is 2.07. The molecule has 17 heavy (non-hydrogen) atoms. The summed E-state index contributed by atoms with van der Waals surface area (Å²) in [5, 5.41) is 0. The Hall–Kier alpha value is -1.32. The van der Waals surface area contributed by atoms with E-state index in [-0.39, 0.29) is 17.6 Å². The van der Waals surface area contributed by atoms with Gasteiger partial charge < -0.3 is 0 Å². The van der Waals surface area contributed by atoms with Crippen molar-refractivity contribution in [3.8, 4) is 0 Å². The van der Waals surface area contributed by atoms with Crippen LogP contribution >= 0.6 is 0 Å². The van der Waals surface area contributed by atoms with Crippen LogP contribution < -0.4 is 0 Å². The molecule has 1 nitrogen and oxygen atoms in total. The molecule has 0 heterocycles. The molecule has 0 aromatic heterocycles. The van der Waals surface area contributed by atoms with Gasteiger partial charge in [-0.05, 0) is 42.5 Å². The Morgan fingerprint density at radius 1 is 1.18 bits per heavy atom. The van der Waals surface area contributed by atoms with Crippen LogP contribution in [0.25, 0.3) is 0 Å². The van der Waals surface area contributed by atoms with Gasteiger partial charge in [0.1, 0.15) is 5.78 Å².